The summed E-state index contributed by atoms with van der Waals surface area (Å²) in [4.78, 5) is 0. The molecule has 4 heteroatoms. The van der Waals surface area contributed by atoms with E-state index in [1.807, 2.05) is 0 Å². The van der Waals surface area contributed by atoms with Crippen LogP contribution in [0.3, 0.4) is 0 Å². The molecule has 1 fully saturated rings. The van der Waals surface area contributed by atoms with Gasteiger partial charge in [-0.2, -0.15) is 0 Å². The van der Waals surface area contributed by atoms with Crippen LogP contribution in [0.5, 0.6) is 0 Å². The van der Waals surface area contributed by atoms with Gasteiger partial charge in [-0.1, -0.05) is 19.8 Å². The Kier molecular flexibility index (Phi) is 3.35. The van der Waals surface area contributed by atoms with E-state index in [9.17, 15) is 13.5 Å². The molecule has 0 aromatic heterocycles. The zero-order chi connectivity index (χ0) is 9.95. The molecule has 0 heterocycles. The van der Waals surface area contributed by atoms with Crippen molar-refractivity contribution < 1.29 is 13.5 Å². The van der Waals surface area contributed by atoms with Crippen LogP contribution in [0.25, 0.3) is 0 Å². The molecule has 0 aromatic carbocycles. The summed E-state index contributed by atoms with van der Waals surface area (Å²) in [5.41, 5.74) is -0.311. The number of aliphatic hydroxyl groups is 1. The van der Waals surface area contributed by atoms with Gasteiger partial charge >= 0.3 is 0 Å². The van der Waals surface area contributed by atoms with Crippen molar-refractivity contribution in [1.29, 1.82) is 0 Å². The molecule has 0 spiro atoms. The topological polar surface area (TPSA) is 54.4 Å². The maximum atomic E-state index is 11.4. The molecular weight excluding hydrogens is 188 g/mol. The Bertz CT molecular complexity index is 250. The van der Waals surface area contributed by atoms with Crippen molar-refractivity contribution in [2.75, 3.05) is 18.1 Å². The SMILES string of the molecule is CCS(=O)(=O)CC1(CO)CCCC1. The van der Waals surface area contributed by atoms with Crippen molar-refractivity contribution in [3.8, 4) is 0 Å². The van der Waals surface area contributed by atoms with E-state index in [2.05, 4.69) is 0 Å². The first-order chi connectivity index (χ1) is 6.04. The number of hydrogen-bond donors (Lipinski definition) is 1. The average Bonchev–Trinajstić information content (AvgIpc) is 2.53. The minimum absolute atomic E-state index is 0.0201. The maximum absolute atomic E-state index is 11.4. The molecule has 0 aliphatic heterocycles. The molecule has 78 valence electrons. The second-order valence-corrected chi connectivity index (χ2v) is 6.39. The minimum atomic E-state index is -2.93. The summed E-state index contributed by atoms with van der Waals surface area (Å²) in [5, 5.41) is 9.21. The summed E-state index contributed by atoms with van der Waals surface area (Å²) >= 11 is 0. The zero-order valence-electron chi connectivity index (χ0n) is 8.12. The Balaban J connectivity index is 2.69. The molecule has 1 aliphatic carbocycles. The molecular formula is C9H18O3S. The standard InChI is InChI=1S/C9H18O3S/c1-2-13(11,12)8-9(7-10)5-3-4-6-9/h10H,2-8H2,1H3. The fourth-order valence-corrected chi connectivity index (χ4v) is 3.56. The molecule has 3 nitrogen and oxygen atoms in total. The van der Waals surface area contributed by atoms with Crippen LogP contribution in [0.4, 0.5) is 0 Å². The molecule has 0 radical (unpaired) electrons. The molecule has 0 saturated heterocycles. The number of rotatable bonds is 4. The van der Waals surface area contributed by atoms with Crippen LogP contribution in [0.2, 0.25) is 0 Å². The van der Waals surface area contributed by atoms with Crippen LogP contribution < -0.4 is 0 Å². The van der Waals surface area contributed by atoms with E-state index in [0.29, 0.717) is 0 Å². The van der Waals surface area contributed by atoms with Gasteiger partial charge in [0.05, 0.1) is 5.75 Å². The lowest BCUT2D eigenvalue weighted by Gasteiger charge is -2.25. The Morgan fingerprint density at radius 3 is 2.23 bits per heavy atom. The Morgan fingerprint density at radius 1 is 1.31 bits per heavy atom. The van der Waals surface area contributed by atoms with Gasteiger partial charge in [0.15, 0.2) is 9.84 Å². The highest BCUT2D eigenvalue weighted by atomic mass is 32.2. The smallest absolute Gasteiger partial charge is 0.150 e. The fraction of sp³-hybridized carbons (Fsp3) is 1.00. The maximum Gasteiger partial charge on any atom is 0.150 e. The summed E-state index contributed by atoms with van der Waals surface area (Å²) in [6.07, 6.45) is 3.84. The van der Waals surface area contributed by atoms with Crippen molar-refractivity contribution >= 4 is 9.84 Å². The van der Waals surface area contributed by atoms with E-state index in [1.165, 1.54) is 0 Å². The molecule has 1 rings (SSSR count). The summed E-state index contributed by atoms with van der Waals surface area (Å²) in [5.74, 6) is 0.363. The van der Waals surface area contributed by atoms with E-state index < -0.39 is 9.84 Å². The molecule has 0 unspecified atom stereocenters. The number of sulfone groups is 1. The Hall–Kier alpha value is -0.0900. The van der Waals surface area contributed by atoms with Crippen molar-refractivity contribution in [1.82, 2.24) is 0 Å². The highest BCUT2D eigenvalue weighted by Gasteiger charge is 2.36. The van der Waals surface area contributed by atoms with E-state index in [-0.39, 0.29) is 23.5 Å². The number of aliphatic hydroxyl groups excluding tert-OH is 1. The predicted molar refractivity (Wildman–Crippen MR) is 52.3 cm³/mol. The van der Waals surface area contributed by atoms with Crippen LogP contribution in [0, 0.1) is 5.41 Å². The van der Waals surface area contributed by atoms with Gasteiger partial charge in [-0.3, -0.25) is 0 Å². The van der Waals surface area contributed by atoms with Gasteiger partial charge in [0.2, 0.25) is 0 Å². The molecule has 0 bridgehead atoms. The van der Waals surface area contributed by atoms with E-state index >= 15 is 0 Å². The molecule has 1 aliphatic rings. The molecule has 0 amide bonds. The first-order valence-corrected chi connectivity index (χ1v) is 6.67. The van der Waals surface area contributed by atoms with Crippen molar-refractivity contribution in [2.45, 2.75) is 32.6 Å². The lowest BCUT2D eigenvalue weighted by atomic mass is 9.90. The summed E-state index contributed by atoms with van der Waals surface area (Å²) in [6.45, 7) is 1.68. The minimum Gasteiger partial charge on any atom is -0.396 e. The lowest BCUT2D eigenvalue weighted by Crippen LogP contribution is -2.31. The third-order valence-corrected chi connectivity index (χ3v) is 4.90. The molecule has 1 N–H and O–H groups in total. The van der Waals surface area contributed by atoms with Crippen LogP contribution in [0.15, 0.2) is 0 Å². The number of hydrogen-bond acceptors (Lipinski definition) is 3. The van der Waals surface area contributed by atoms with Gasteiger partial charge in [0, 0.05) is 17.8 Å². The first kappa shape index (κ1) is 11.0. The lowest BCUT2D eigenvalue weighted by molar-refractivity contribution is 0.151. The van der Waals surface area contributed by atoms with Crippen molar-refractivity contribution in [2.24, 2.45) is 5.41 Å². The average molecular weight is 206 g/mol. The van der Waals surface area contributed by atoms with Crippen molar-refractivity contribution in [3.63, 3.8) is 0 Å². The van der Waals surface area contributed by atoms with Crippen LogP contribution in [0.1, 0.15) is 32.6 Å². The highest BCUT2D eigenvalue weighted by molar-refractivity contribution is 7.91. The first-order valence-electron chi connectivity index (χ1n) is 4.85. The highest BCUT2D eigenvalue weighted by Crippen LogP contribution is 2.38. The molecule has 1 saturated carbocycles. The largest absolute Gasteiger partial charge is 0.396 e. The van der Waals surface area contributed by atoms with Crippen LogP contribution >= 0.6 is 0 Å². The third kappa shape index (κ3) is 2.68. The third-order valence-electron chi connectivity index (χ3n) is 2.97. The van der Waals surface area contributed by atoms with Gasteiger partial charge in [-0.25, -0.2) is 8.42 Å². The second kappa shape index (κ2) is 3.96. The van der Waals surface area contributed by atoms with Gasteiger partial charge in [0.25, 0.3) is 0 Å². The fourth-order valence-electron chi connectivity index (χ4n) is 2.04. The quantitative estimate of drug-likeness (QED) is 0.746. The van der Waals surface area contributed by atoms with Crippen LogP contribution in [-0.2, 0) is 9.84 Å². The van der Waals surface area contributed by atoms with E-state index in [1.54, 1.807) is 6.92 Å². The van der Waals surface area contributed by atoms with Crippen molar-refractivity contribution in [3.05, 3.63) is 0 Å². The summed E-state index contributed by atoms with van der Waals surface area (Å²) in [6, 6.07) is 0. The van der Waals surface area contributed by atoms with E-state index in [4.69, 9.17) is 0 Å². The molecule has 0 atom stereocenters. The summed E-state index contributed by atoms with van der Waals surface area (Å²) < 4.78 is 22.8. The monoisotopic (exact) mass is 206 g/mol. The predicted octanol–water partition coefficient (Wildman–Crippen LogP) is 0.974. The normalized spacial score (nSPS) is 22.0. The summed E-state index contributed by atoms with van der Waals surface area (Å²) in [7, 11) is -2.93. The zero-order valence-corrected chi connectivity index (χ0v) is 8.94. The van der Waals surface area contributed by atoms with E-state index in [0.717, 1.165) is 25.7 Å². The molecule has 13 heavy (non-hydrogen) atoms. The van der Waals surface area contributed by atoms with Gasteiger partial charge < -0.3 is 5.11 Å². The van der Waals surface area contributed by atoms with Gasteiger partial charge in [-0.15, -0.1) is 0 Å². The second-order valence-electron chi connectivity index (χ2n) is 4.04. The van der Waals surface area contributed by atoms with Gasteiger partial charge in [0.1, 0.15) is 0 Å². The Labute approximate surface area is 80.1 Å². The Morgan fingerprint density at radius 2 is 1.85 bits per heavy atom. The molecule has 0 aromatic rings. The van der Waals surface area contributed by atoms with Crippen LogP contribution in [-0.4, -0.2) is 31.6 Å². The van der Waals surface area contributed by atoms with Gasteiger partial charge in [-0.05, 0) is 12.8 Å².